The first-order chi connectivity index (χ1) is 14.6. The number of piperidine rings is 1. The first-order valence-electron chi connectivity index (χ1n) is 10.5. The summed E-state index contributed by atoms with van der Waals surface area (Å²) in [5.74, 6) is 0.113. The number of hydrogen-bond donors (Lipinski definition) is 0. The summed E-state index contributed by atoms with van der Waals surface area (Å²) in [5.41, 5.74) is 1.88. The van der Waals surface area contributed by atoms with Crippen LogP contribution in [0.2, 0.25) is 0 Å². The molecule has 5 nitrogen and oxygen atoms in total. The van der Waals surface area contributed by atoms with Crippen LogP contribution in [-0.4, -0.2) is 26.1 Å². The van der Waals surface area contributed by atoms with Gasteiger partial charge in [0.1, 0.15) is 10.7 Å². The van der Waals surface area contributed by atoms with E-state index in [0.717, 1.165) is 37.1 Å². The normalized spacial score (nSPS) is 15.6. The summed E-state index contributed by atoms with van der Waals surface area (Å²) >= 11 is 0. The lowest BCUT2D eigenvalue weighted by Gasteiger charge is -2.32. The first kappa shape index (κ1) is 21.6. The van der Waals surface area contributed by atoms with Gasteiger partial charge in [-0.15, -0.1) is 0 Å². The molecule has 3 aromatic rings. The number of nitrogens with zero attached hydrogens (tertiary/aromatic N) is 2. The molecule has 1 aliphatic heterocycles. The maximum atomic E-state index is 15.0. The van der Waals surface area contributed by atoms with E-state index in [0.29, 0.717) is 17.1 Å². The maximum Gasteiger partial charge on any atom is 0.211 e. The second-order valence-corrected chi connectivity index (χ2v) is 10.7. The fraction of sp³-hybridized carbons (Fsp3) is 0.375. The van der Waals surface area contributed by atoms with Gasteiger partial charge in [-0.05, 0) is 68.0 Å². The van der Waals surface area contributed by atoms with Crippen LogP contribution in [0.15, 0.2) is 51.1 Å². The highest BCUT2D eigenvalue weighted by atomic mass is 32.2. The molecule has 2 aromatic carbocycles. The van der Waals surface area contributed by atoms with Crippen molar-refractivity contribution >= 4 is 26.4 Å². The summed E-state index contributed by atoms with van der Waals surface area (Å²) in [6.07, 6.45) is 3.32. The summed E-state index contributed by atoms with van der Waals surface area (Å²) in [6, 6.07) is 7.82. The van der Waals surface area contributed by atoms with Crippen LogP contribution in [0, 0.1) is 25.6 Å². The van der Waals surface area contributed by atoms with Crippen LogP contribution in [0.1, 0.15) is 30.9 Å². The van der Waals surface area contributed by atoms with Gasteiger partial charge < -0.3 is 9.47 Å². The van der Waals surface area contributed by atoms with Crippen molar-refractivity contribution < 1.29 is 12.8 Å². The van der Waals surface area contributed by atoms with Crippen molar-refractivity contribution in [2.75, 3.05) is 18.0 Å². The van der Waals surface area contributed by atoms with Gasteiger partial charge in [0.15, 0.2) is 0 Å². The predicted molar refractivity (Wildman–Crippen MR) is 121 cm³/mol. The Bertz CT molecular complexity index is 1320. The SMILES string of the molecule is Cc1cc(C)cc(S(=O)(=O)c2cn(C)c3cc(N4CCC(C)CC4)c(F)cc3c2=O)c1. The Balaban J connectivity index is 1.87. The summed E-state index contributed by atoms with van der Waals surface area (Å²) in [7, 11) is -2.36. The maximum absolute atomic E-state index is 15.0. The Morgan fingerprint density at radius 1 is 1.00 bits per heavy atom. The summed E-state index contributed by atoms with van der Waals surface area (Å²) in [4.78, 5) is 14.9. The van der Waals surface area contributed by atoms with Crippen LogP contribution in [0.3, 0.4) is 0 Å². The third kappa shape index (κ3) is 3.87. The van der Waals surface area contributed by atoms with E-state index >= 15 is 4.39 Å². The number of rotatable bonds is 3. The van der Waals surface area contributed by atoms with Crippen molar-refractivity contribution in [1.82, 2.24) is 4.57 Å². The van der Waals surface area contributed by atoms with Crippen molar-refractivity contribution in [3.05, 3.63) is 63.7 Å². The molecular weight excluding hydrogens is 415 g/mol. The molecule has 1 aromatic heterocycles. The predicted octanol–water partition coefficient (Wildman–Crippen LogP) is 4.36. The van der Waals surface area contributed by atoms with Crippen molar-refractivity contribution in [3.63, 3.8) is 0 Å². The second kappa shape index (κ2) is 7.79. The van der Waals surface area contributed by atoms with Gasteiger partial charge in [-0.1, -0.05) is 13.0 Å². The average molecular weight is 443 g/mol. The quantitative estimate of drug-likeness (QED) is 0.605. The third-order valence-corrected chi connectivity index (χ3v) is 7.87. The lowest BCUT2D eigenvalue weighted by molar-refractivity contribution is 0.434. The largest absolute Gasteiger partial charge is 0.369 e. The lowest BCUT2D eigenvalue weighted by atomic mass is 9.98. The zero-order valence-electron chi connectivity index (χ0n) is 18.3. The Hall–Kier alpha value is -2.67. The van der Waals surface area contributed by atoms with Gasteiger partial charge in [0, 0.05) is 26.3 Å². The zero-order valence-corrected chi connectivity index (χ0v) is 19.1. The van der Waals surface area contributed by atoms with Crippen LogP contribution in [0.25, 0.3) is 10.9 Å². The second-order valence-electron chi connectivity index (χ2n) is 8.75. The monoisotopic (exact) mass is 442 g/mol. The zero-order chi connectivity index (χ0) is 22.5. The molecule has 4 rings (SSSR count). The number of halogens is 1. The molecule has 0 spiro atoms. The molecule has 0 N–H and O–H groups in total. The molecule has 31 heavy (non-hydrogen) atoms. The molecule has 0 amide bonds. The van der Waals surface area contributed by atoms with Crippen molar-refractivity contribution in [3.8, 4) is 0 Å². The van der Waals surface area contributed by atoms with Gasteiger partial charge in [-0.25, -0.2) is 12.8 Å². The molecule has 1 fully saturated rings. The van der Waals surface area contributed by atoms with E-state index in [-0.39, 0.29) is 15.2 Å². The van der Waals surface area contributed by atoms with Gasteiger partial charge in [-0.3, -0.25) is 4.79 Å². The molecule has 164 valence electrons. The van der Waals surface area contributed by atoms with Crippen molar-refractivity contribution in [2.45, 2.75) is 43.4 Å². The van der Waals surface area contributed by atoms with Crippen LogP contribution >= 0.6 is 0 Å². The van der Waals surface area contributed by atoms with Gasteiger partial charge in [-0.2, -0.15) is 0 Å². The van der Waals surface area contributed by atoms with Gasteiger partial charge in [0.05, 0.1) is 21.5 Å². The Labute approximate surface area is 182 Å². The van der Waals surface area contributed by atoms with E-state index in [9.17, 15) is 13.2 Å². The molecule has 0 atom stereocenters. The molecular formula is C24H27FN2O3S. The molecule has 7 heteroatoms. The number of aryl methyl sites for hydroxylation is 3. The lowest BCUT2D eigenvalue weighted by Crippen LogP contribution is -2.33. The molecule has 1 aliphatic rings. The summed E-state index contributed by atoms with van der Waals surface area (Å²) in [5, 5.41) is 0.0691. The highest BCUT2D eigenvalue weighted by molar-refractivity contribution is 7.91. The number of hydrogen-bond acceptors (Lipinski definition) is 4. The number of aromatic nitrogens is 1. The standard InChI is InChI=1S/C24H27FN2O3S/c1-15-5-7-27(8-6-15)22-13-21-19(12-20(22)25)24(28)23(14-26(21)4)31(29,30)18-10-16(2)9-17(3)11-18/h9-15H,5-8H2,1-4H3. The minimum Gasteiger partial charge on any atom is -0.369 e. The minimum atomic E-state index is -4.04. The van der Waals surface area contributed by atoms with Crippen LogP contribution in [-0.2, 0) is 16.9 Å². The van der Waals surface area contributed by atoms with Crippen molar-refractivity contribution in [2.24, 2.45) is 13.0 Å². The molecule has 0 aliphatic carbocycles. The number of fused-ring (bicyclic) bond motifs is 1. The number of pyridine rings is 1. The summed E-state index contributed by atoms with van der Waals surface area (Å²) < 4.78 is 43.2. The molecule has 2 heterocycles. The van der Waals surface area contributed by atoms with Crippen molar-refractivity contribution in [1.29, 1.82) is 0 Å². The molecule has 0 bridgehead atoms. The highest BCUT2D eigenvalue weighted by Crippen LogP contribution is 2.30. The van der Waals surface area contributed by atoms with Gasteiger partial charge in [0.25, 0.3) is 0 Å². The third-order valence-electron chi connectivity index (χ3n) is 6.14. The van der Waals surface area contributed by atoms with E-state index in [1.165, 1.54) is 12.3 Å². The number of benzene rings is 2. The Morgan fingerprint density at radius 2 is 1.61 bits per heavy atom. The van der Waals surface area contributed by atoms with Crippen LogP contribution in [0.4, 0.5) is 10.1 Å². The molecule has 0 unspecified atom stereocenters. The molecule has 0 saturated carbocycles. The Kier molecular flexibility index (Phi) is 5.41. The van der Waals surface area contributed by atoms with E-state index in [1.807, 2.05) is 24.8 Å². The number of sulfone groups is 1. The fourth-order valence-electron chi connectivity index (χ4n) is 4.36. The molecule has 1 saturated heterocycles. The fourth-order valence-corrected chi connectivity index (χ4v) is 5.95. The smallest absolute Gasteiger partial charge is 0.211 e. The topological polar surface area (TPSA) is 59.4 Å². The Morgan fingerprint density at radius 3 is 2.23 bits per heavy atom. The van der Waals surface area contributed by atoms with E-state index in [4.69, 9.17) is 0 Å². The van der Waals surface area contributed by atoms with E-state index in [1.54, 1.807) is 29.8 Å². The average Bonchev–Trinajstić information content (AvgIpc) is 2.70. The number of anilines is 1. The van der Waals surface area contributed by atoms with Gasteiger partial charge >= 0.3 is 0 Å². The summed E-state index contributed by atoms with van der Waals surface area (Å²) in [6.45, 7) is 7.33. The van der Waals surface area contributed by atoms with E-state index in [2.05, 4.69) is 6.92 Å². The van der Waals surface area contributed by atoms with Crippen LogP contribution < -0.4 is 10.3 Å². The minimum absolute atomic E-state index is 0.0691. The van der Waals surface area contributed by atoms with Crippen LogP contribution in [0.5, 0.6) is 0 Å². The van der Waals surface area contributed by atoms with Gasteiger partial charge in [0.2, 0.25) is 15.3 Å². The first-order valence-corrected chi connectivity index (χ1v) is 12.0. The molecule has 0 radical (unpaired) electrons. The highest BCUT2D eigenvalue weighted by Gasteiger charge is 2.26. The van der Waals surface area contributed by atoms with E-state index < -0.39 is 21.1 Å².